The van der Waals surface area contributed by atoms with Crippen LogP contribution >= 0.6 is 0 Å². The van der Waals surface area contributed by atoms with Crippen LogP contribution in [0.3, 0.4) is 0 Å². The standard InChI is InChI=1S/C10H15FN2O4S/c1-10(5-14,6-15)13-18(16,17)9-4-7(12)2-3-8(9)11/h2-4,13-15H,5-6,12H2,1H3. The Balaban J connectivity index is 3.18. The van der Waals surface area contributed by atoms with Crippen LogP contribution in [0.25, 0.3) is 0 Å². The van der Waals surface area contributed by atoms with Crippen molar-refractivity contribution in [2.75, 3.05) is 18.9 Å². The third-order valence-corrected chi connectivity index (χ3v) is 3.98. The first-order valence-electron chi connectivity index (χ1n) is 5.05. The average Bonchev–Trinajstić information content (AvgIpc) is 2.31. The van der Waals surface area contributed by atoms with Gasteiger partial charge in [0.05, 0.1) is 18.8 Å². The fraction of sp³-hybridized carbons (Fsp3) is 0.400. The summed E-state index contributed by atoms with van der Waals surface area (Å²) in [6, 6.07) is 3.12. The molecule has 0 aliphatic rings. The van der Waals surface area contributed by atoms with Gasteiger partial charge in [0.15, 0.2) is 0 Å². The maximum Gasteiger partial charge on any atom is 0.244 e. The van der Waals surface area contributed by atoms with Crippen LogP contribution in [-0.4, -0.2) is 37.4 Å². The molecular formula is C10H15FN2O4S. The minimum Gasteiger partial charge on any atom is -0.399 e. The highest BCUT2D eigenvalue weighted by Gasteiger charge is 2.31. The van der Waals surface area contributed by atoms with E-state index in [1.807, 2.05) is 4.72 Å². The van der Waals surface area contributed by atoms with E-state index < -0.39 is 39.5 Å². The predicted molar refractivity (Wildman–Crippen MR) is 63.7 cm³/mol. The summed E-state index contributed by atoms with van der Waals surface area (Å²) in [4.78, 5) is -0.629. The molecule has 0 bridgehead atoms. The van der Waals surface area contributed by atoms with Crippen LogP contribution in [0.1, 0.15) is 6.92 Å². The smallest absolute Gasteiger partial charge is 0.244 e. The number of sulfonamides is 1. The van der Waals surface area contributed by atoms with Crippen molar-refractivity contribution < 1.29 is 23.0 Å². The minimum atomic E-state index is -4.22. The normalized spacial score (nSPS) is 12.7. The summed E-state index contributed by atoms with van der Waals surface area (Å²) < 4.78 is 39.3. The Morgan fingerprint density at radius 1 is 1.39 bits per heavy atom. The van der Waals surface area contributed by atoms with Crippen molar-refractivity contribution in [3.8, 4) is 0 Å². The van der Waals surface area contributed by atoms with Crippen LogP contribution in [0.2, 0.25) is 0 Å². The van der Waals surface area contributed by atoms with Crippen molar-refractivity contribution in [1.29, 1.82) is 0 Å². The molecule has 0 spiro atoms. The van der Waals surface area contributed by atoms with E-state index in [0.29, 0.717) is 0 Å². The lowest BCUT2D eigenvalue weighted by Crippen LogP contribution is -2.51. The number of benzene rings is 1. The fourth-order valence-corrected chi connectivity index (χ4v) is 2.72. The molecule has 1 aromatic carbocycles. The molecule has 0 radical (unpaired) electrons. The van der Waals surface area contributed by atoms with Crippen LogP contribution in [0.5, 0.6) is 0 Å². The summed E-state index contributed by atoms with van der Waals surface area (Å²) in [5.41, 5.74) is 4.01. The van der Waals surface area contributed by atoms with Crippen molar-refractivity contribution in [3.05, 3.63) is 24.0 Å². The van der Waals surface area contributed by atoms with Crippen LogP contribution in [0.15, 0.2) is 23.1 Å². The van der Waals surface area contributed by atoms with E-state index >= 15 is 0 Å². The number of rotatable bonds is 5. The lowest BCUT2D eigenvalue weighted by Gasteiger charge is -2.25. The van der Waals surface area contributed by atoms with Crippen molar-refractivity contribution in [2.45, 2.75) is 17.4 Å². The van der Waals surface area contributed by atoms with E-state index in [2.05, 4.69) is 0 Å². The van der Waals surface area contributed by atoms with E-state index in [0.717, 1.165) is 12.1 Å². The summed E-state index contributed by atoms with van der Waals surface area (Å²) in [5.74, 6) is -0.963. The summed E-state index contributed by atoms with van der Waals surface area (Å²) in [7, 11) is -4.22. The fourth-order valence-electron chi connectivity index (χ4n) is 1.22. The van der Waals surface area contributed by atoms with Crippen LogP contribution < -0.4 is 10.5 Å². The van der Waals surface area contributed by atoms with Gasteiger partial charge in [0.25, 0.3) is 0 Å². The van der Waals surface area contributed by atoms with Gasteiger partial charge in [0, 0.05) is 5.69 Å². The zero-order valence-electron chi connectivity index (χ0n) is 9.72. The third kappa shape index (κ3) is 3.16. The van der Waals surface area contributed by atoms with Gasteiger partial charge < -0.3 is 15.9 Å². The number of aliphatic hydroxyl groups is 2. The van der Waals surface area contributed by atoms with Gasteiger partial charge in [-0.1, -0.05) is 0 Å². The molecule has 1 rings (SSSR count). The number of halogens is 1. The number of hydrogen-bond acceptors (Lipinski definition) is 5. The molecule has 0 fully saturated rings. The second kappa shape index (κ2) is 5.19. The Hall–Kier alpha value is -1.22. The first-order chi connectivity index (χ1) is 8.24. The quantitative estimate of drug-likeness (QED) is 0.539. The molecule has 1 aromatic rings. The van der Waals surface area contributed by atoms with E-state index in [1.165, 1.54) is 13.0 Å². The maximum absolute atomic E-state index is 13.4. The monoisotopic (exact) mass is 278 g/mol. The van der Waals surface area contributed by atoms with Crippen molar-refractivity contribution in [1.82, 2.24) is 4.72 Å². The lowest BCUT2D eigenvalue weighted by atomic mass is 10.1. The van der Waals surface area contributed by atoms with Gasteiger partial charge in [-0.3, -0.25) is 0 Å². The highest BCUT2D eigenvalue weighted by Crippen LogP contribution is 2.19. The molecule has 0 heterocycles. The first kappa shape index (κ1) is 14.8. The number of aliphatic hydroxyl groups excluding tert-OH is 2. The second-order valence-electron chi connectivity index (χ2n) is 4.17. The zero-order valence-corrected chi connectivity index (χ0v) is 10.5. The molecule has 0 aliphatic carbocycles. The van der Waals surface area contributed by atoms with Crippen molar-refractivity contribution in [2.24, 2.45) is 0 Å². The molecule has 18 heavy (non-hydrogen) atoms. The molecule has 5 N–H and O–H groups in total. The Morgan fingerprint density at radius 3 is 2.44 bits per heavy atom. The van der Waals surface area contributed by atoms with Gasteiger partial charge in [-0.15, -0.1) is 0 Å². The predicted octanol–water partition coefficient (Wildman–Crippen LogP) is -0.571. The van der Waals surface area contributed by atoms with Gasteiger partial charge in [0.1, 0.15) is 10.7 Å². The maximum atomic E-state index is 13.4. The van der Waals surface area contributed by atoms with E-state index in [-0.39, 0.29) is 5.69 Å². The molecule has 0 aliphatic heterocycles. The number of nitrogens with two attached hydrogens (primary N) is 1. The van der Waals surface area contributed by atoms with Crippen LogP contribution in [-0.2, 0) is 10.0 Å². The third-order valence-electron chi connectivity index (χ3n) is 2.32. The van der Waals surface area contributed by atoms with Gasteiger partial charge in [-0.25, -0.2) is 17.5 Å². The Kier molecular flexibility index (Phi) is 4.28. The molecule has 8 heteroatoms. The molecule has 102 valence electrons. The number of nitrogens with one attached hydrogen (secondary N) is 1. The SMILES string of the molecule is CC(CO)(CO)NS(=O)(=O)c1cc(N)ccc1F. The van der Waals surface area contributed by atoms with Gasteiger partial charge in [-0.05, 0) is 25.1 Å². The lowest BCUT2D eigenvalue weighted by molar-refractivity contribution is 0.121. The largest absolute Gasteiger partial charge is 0.399 e. The van der Waals surface area contributed by atoms with Gasteiger partial charge >= 0.3 is 0 Å². The number of nitrogen functional groups attached to an aromatic ring is 1. The molecule has 0 unspecified atom stereocenters. The Morgan fingerprint density at radius 2 is 1.94 bits per heavy atom. The number of anilines is 1. The summed E-state index contributed by atoms with van der Waals surface area (Å²) in [5, 5.41) is 18.0. The molecular weight excluding hydrogens is 263 g/mol. The van der Waals surface area contributed by atoms with Crippen LogP contribution in [0.4, 0.5) is 10.1 Å². The topological polar surface area (TPSA) is 113 Å². The van der Waals surface area contributed by atoms with E-state index in [4.69, 9.17) is 15.9 Å². The summed E-state index contributed by atoms with van der Waals surface area (Å²) in [6.45, 7) is 0.0219. The molecule has 6 nitrogen and oxygen atoms in total. The summed E-state index contributed by atoms with van der Waals surface area (Å²) in [6.07, 6.45) is 0. The zero-order chi connectivity index (χ0) is 14.0. The molecule has 0 aromatic heterocycles. The second-order valence-corrected chi connectivity index (χ2v) is 5.82. The highest BCUT2D eigenvalue weighted by atomic mass is 32.2. The van der Waals surface area contributed by atoms with Crippen molar-refractivity contribution in [3.63, 3.8) is 0 Å². The van der Waals surface area contributed by atoms with E-state index in [1.54, 1.807) is 0 Å². The van der Waals surface area contributed by atoms with Gasteiger partial charge in [-0.2, -0.15) is 0 Å². The van der Waals surface area contributed by atoms with E-state index in [9.17, 15) is 12.8 Å². The highest BCUT2D eigenvalue weighted by molar-refractivity contribution is 7.89. The van der Waals surface area contributed by atoms with Gasteiger partial charge in [0.2, 0.25) is 10.0 Å². The summed E-state index contributed by atoms with van der Waals surface area (Å²) >= 11 is 0. The Bertz CT molecular complexity index is 529. The minimum absolute atomic E-state index is 0.0893. The molecule has 0 saturated carbocycles. The molecule has 0 saturated heterocycles. The first-order valence-corrected chi connectivity index (χ1v) is 6.53. The average molecular weight is 278 g/mol. The number of hydrogen-bond donors (Lipinski definition) is 4. The molecule has 0 amide bonds. The Labute approximate surface area is 104 Å². The van der Waals surface area contributed by atoms with Crippen LogP contribution in [0, 0.1) is 5.82 Å². The van der Waals surface area contributed by atoms with Crippen molar-refractivity contribution >= 4 is 15.7 Å². The molecule has 0 atom stereocenters.